The molecule has 0 saturated carbocycles. The van der Waals surface area contributed by atoms with E-state index in [4.69, 9.17) is 4.74 Å². The second-order valence-corrected chi connectivity index (χ2v) is 6.45. The van der Waals surface area contributed by atoms with Crippen molar-refractivity contribution in [2.75, 3.05) is 25.5 Å². The average Bonchev–Trinajstić information content (AvgIpc) is 2.61. The molecule has 6 nitrogen and oxygen atoms in total. The molecule has 1 N–H and O–H groups in total. The van der Waals surface area contributed by atoms with Crippen LogP contribution in [0.1, 0.15) is 40.3 Å². The molecule has 3 rings (SSSR count). The lowest BCUT2D eigenvalue weighted by Crippen LogP contribution is -2.48. The van der Waals surface area contributed by atoms with Crippen LogP contribution in [0, 0.1) is 13.8 Å². The molecule has 1 fully saturated rings. The molecule has 0 aliphatic carbocycles. The van der Waals surface area contributed by atoms with Crippen molar-refractivity contribution in [3.8, 4) is 0 Å². The second-order valence-electron chi connectivity index (χ2n) is 6.45. The molecule has 1 aromatic heterocycles. The van der Waals surface area contributed by atoms with Crippen LogP contribution in [0.3, 0.4) is 0 Å². The monoisotopic (exact) mass is 340 g/mol. The summed E-state index contributed by atoms with van der Waals surface area (Å²) < 4.78 is 6.00. The lowest BCUT2D eigenvalue weighted by Gasteiger charge is -2.38. The van der Waals surface area contributed by atoms with Crippen LogP contribution < -0.4 is 5.32 Å². The number of nitrogens with zero attached hydrogens (tertiary/aromatic N) is 3. The van der Waals surface area contributed by atoms with Gasteiger partial charge in [0.15, 0.2) is 0 Å². The molecule has 1 saturated heterocycles. The summed E-state index contributed by atoms with van der Waals surface area (Å²) in [6, 6.07) is 9.87. The molecule has 25 heavy (non-hydrogen) atoms. The summed E-state index contributed by atoms with van der Waals surface area (Å²) in [5, 5.41) is 2.90. The Hall–Kier alpha value is -2.47. The van der Waals surface area contributed by atoms with Crippen molar-refractivity contribution in [2.24, 2.45) is 0 Å². The Kier molecular flexibility index (Phi) is 4.99. The number of aromatic nitrogens is 2. The van der Waals surface area contributed by atoms with Gasteiger partial charge in [-0.3, -0.25) is 4.79 Å². The van der Waals surface area contributed by atoms with Crippen LogP contribution in [0.15, 0.2) is 30.3 Å². The summed E-state index contributed by atoms with van der Waals surface area (Å²) in [4.78, 5) is 23.5. The minimum Gasteiger partial charge on any atom is -0.370 e. The molecule has 6 heteroatoms. The van der Waals surface area contributed by atoms with E-state index >= 15 is 0 Å². The van der Waals surface area contributed by atoms with E-state index in [9.17, 15) is 4.79 Å². The number of ether oxygens (including phenoxy) is 1. The number of nitrogens with one attached hydrogen (secondary N) is 1. The van der Waals surface area contributed by atoms with Gasteiger partial charge in [-0.05, 0) is 38.0 Å². The van der Waals surface area contributed by atoms with Gasteiger partial charge in [-0.2, -0.15) is 0 Å². The van der Waals surface area contributed by atoms with Crippen molar-refractivity contribution in [2.45, 2.75) is 32.9 Å². The SMILES string of the molecule is CNc1nc(C)cc(C(=O)N2C[C@@H](c3ccccc3C)OC[C@H]2C)n1. The van der Waals surface area contributed by atoms with Gasteiger partial charge in [0.2, 0.25) is 5.95 Å². The number of amides is 1. The van der Waals surface area contributed by atoms with Gasteiger partial charge < -0.3 is 15.0 Å². The molecular formula is C19H24N4O2. The van der Waals surface area contributed by atoms with Crippen molar-refractivity contribution in [1.29, 1.82) is 0 Å². The molecule has 2 aromatic rings. The number of rotatable bonds is 3. The molecule has 2 heterocycles. The zero-order valence-electron chi connectivity index (χ0n) is 15.1. The Morgan fingerprint density at radius 1 is 1.28 bits per heavy atom. The molecular weight excluding hydrogens is 316 g/mol. The van der Waals surface area contributed by atoms with Gasteiger partial charge in [0.1, 0.15) is 11.8 Å². The van der Waals surface area contributed by atoms with Gasteiger partial charge in [0.25, 0.3) is 5.91 Å². The van der Waals surface area contributed by atoms with Crippen molar-refractivity contribution in [1.82, 2.24) is 14.9 Å². The number of morpholine rings is 1. The number of aryl methyl sites for hydroxylation is 2. The standard InChI is InChI=1S/C19H24N4O2/c1-12-7-5-6-8-15(12)17-10-23(14(3)11-25-17)18(24)16-9-13(2)21-19(20-4)22-16/h5-9,14,17H,10-11H2,1-4H3,(H,20,21,22)/t14-,17+/m1/s1. The Morgan fingerprint density at radius 3 is 2.76 bits per heavy atom. The van der Waals surface area contributed by atoms with Gasteiger partial charge in [-0.15, -0.1) is 0 Å². The predicted molar refractivity (Wildman–Crippen MR) is 96.7 cm³/mol. The number of benzene rings is 1. The third kappa shape index (κ3) is 3.64. The molecule has 2 atom stereocenters. The van der Waals surface area contributed by atoms with E-state index < -0.39 is 0 Å². The first kappa shape index (κ1) is 17.4. The van der Waals surface area contributed by atoms with E-state index in [1.165, 1.54) is 5.56 Å². The summed E-state index contributed by atoms with van der Waals surface area (Å²) in [5.41, 5.74) is 3.47. The van der Waals surface area contributed by atoms with Crippen LogP contribution in [-0.2, 0) is 4.74 Å². The third-order valence-electron chi connectivity index (χ3n) is 4.53. The Morgan fingerprint density at radius 2 is 2.04 bits per heavy atom. The quantitative estimate of drug-likeness (QED) is 0.930. The van der Waals surface area contributed by atoms with Crippen LogP contribution >= 0.6 is 0 Å². The van der Waals surface area contributed by atoms with Gasteiger partial charge in [0, 0.05) is 12.7 Å². The molecule has 0 spiro atoms. The lowest BCUT2D eigenvalue weighted by molar-refractivity contribution is -0.0490. The zero-order chi connectivity index (χ0) is 18.0. The topological polar surface area (TPSA) is 67.4 Å². The molecule has 0 bridgehead atoms. The summed E-state index contributed by atoms with van der Waals surface area (Å²) in [6.07, 6.45) is -0.118. The number of hydrogen-bond acceptors (Lipinski definition) is 5. The van der Waals surface area contributed by atoms with Crippen molar-refractivity contribution >= 4 is 11.9 Å². The lowest BCUT2D eigenvalue weighted by atomic mass is 10.0. The highest BCUT2D eigenvalue weighted by atomic mass is 16.5. The fourth-order valence-corrected chi connectivity index (χ4v) is 3.11. The van der Waals surface area contributed by atoms with Crippen LogP contribution in [-0.4, -0.2) is 47.0 Å². The summed E-state index contributed by atoms with van der Waals surface area (Å²) in [7, 11) is 1.74. The molecule has 1 aliphatic heterocycles. The largest absolute Gasteiger partial charge is 0.370 e. The summed E-state index contributed by atoms with van der Waals surface area (Å²) in [6.45, 7) is 6.95. The minimum atomic E-state index is -0.118. The highest BCUT2D eigenvalue weighted by Gasteiger charge is 2.32. The maximum Gasteiger partial charge on any atom is 0.273 e. The van der Waals surface area contributed by atoms with Gasteiger partial charge in [-0.1, -0.05) is 24.3 Å². The molecule has 0 unspecified atom stereocenters. The van der Waals surface area contributed by atoms with Crippen LogP contribution in [0.5, 0.6) is 0 Å². The smallest absolute Gasteiger partial charge is 0.273 e. The molecule has 1 aromatic carbocycles. The highest BCUT2D eigenvalue weighted by Crippen LogP contribution is 2.28. The molecule has 0 radical (unpaired) electrons. The van der Waals surface area contributed by atoms with Crippen molar-refractivity contribution in [3.05, 3.63) is 52.8 Å². The molecule has 132 valence electrons. The first-order chi connectivity index (χ1) is 12.0. The van der Waals surface area contributed by atoms with Crippen molar-refractivity contribution < 1.29 is 9.53 Å². The predicted octanol–water partition coefficient (Wildman–Crippen LogP) is 2.74. The van der Waals surface area contributed by atoms with E-state index in [0.29, 0.717) is 24.8 Å². The number of hydrogen-bond donors (Lipinski definition) is 1. The summed E-state index contributed by atoms with van der Waals surface area (Å²) in [5.74, 6) is 0.371. The Bertz CT molecular complexity index is 778. The second kappa shape index (κ2) is 7.19. The van der Waals surface area contributed by atoms with Crippen LogP contribution in [0.4, 0.5) is 5.95 Å². The number of carbonyl (C=O) groups excluding carboxylic acids is 1. The Balaban J connectivity index is 1.86. The molecule has 1 aliphatic rings. The average molecular weight is 340 g/mol. The maximum absolute atomic E-state index is 13.0. The number of anilines is 1. The van der Waals surface area contributed by atoms with Crippen LogP contribution in [0.2, 0.25) is 0 Å². The minimum absolute atomic E-state index is 0.000996. The zero-order valence-corrected chi connectivity index (χ0v) is 15.1. The highest BCUT2D eigenvalue weighted by molar-refractivity contribution is 5.93. The van der Waals surface area contributed by atoms with E-state index in [1.807, 2.05) is 30.9 Å². The van der Waals surface area contributed by atoms with Gasteiger partial charge >= 0.3 is 0 Å². The third-order valence-corrected chi connectivity index (χ3v) is 4.53. The van der Waals surface area contributed by atoms with Gasteiger partial charge in [-0.25, -0.2) is 9.97 Å². The fourth-order valence-electron chi connectivity index (χ4n) is 3.11. The van der Waals surface area contributed by atoms with E-state index in [-0.39, 0.29) is 18.1 Å². The first-order valence-electron chi connectivity index (χ1n) is 8.51. The van der Waals surface area contributed by atoms with Gasteiger partial charge in [0.05, 0.1) is 19.2 Å². The Labute approximate surface area is 148 Å². The van der Waals surface area contributed by atoms with E-state index in [2.05, 4.69) is 34.3 Å². The fraction of sp³-hybridized carbons (Fsp3) is 0.421. The van der Waals surface area contributed by atoms with E-state index in [1.54, 1.807) is 13.1 Å². The maximum atomic E-state index is 13.0. The number of carbonyl (C=O) groups is 1. The van der Waals surface area contributed by atoms with E-state index in [0.717, 1.165) is 11.3 Å². The van der Waals surface area contributed by atoms with Crippen LogP contribution in [0.25, 0.3) is 0 Å². The molecule has 1 amide bonds. The normalized spacial score (nSPS) is 20.4. The summed E-state index contributed by atoms with van der Waals surface area (Å²) >= 11 is 0. The van der Waals surface area contributed by atoms with Crippen molar-refractivity contribution in [3.63, 3.8) is 0 Å². The first-order valence-corrected chi connectivity index (χ1v) is 8.51.